The van der Waals surface area contributed by atoms with Crippen LogP contribution in [-0.4, -0.2) is 25.8 Å². The number of methoxy groups -OCH3 is 1. The zero-order valence-corrected chi connectivity index (χ0v) is 7.00. The van der Waals surface area contributed by atoms with E-state index in [-0.39, 0.29) is 12.1 Å². The van der Waals surface area contributed by atoms with Crippen molar-refractivity contribution in [3.8, 4) is 0 Å². The summed E-state index contributed by atoms with van der Waals surface area (Å²) in [5.41, 5.74) is 0. The van der Waals surface area contributed by atoms with E-state index in [0.29, 0.717) is 12.5 Å². The third kappa shape index (κ3) is 1.71. The van der Waals surface area contributed by atoms with Crippen molar-refractivity contribution in [1.29, 1.82) is 0 Å². The second-order valence-corrected chi connectivity index (χ2v) is 2.77. The van der Waals surface area contributed by atoms with Gasteiger partial charge in [-0.2, -0.15) is 0 Å². The molecule has 2 atom stereocenters. The van der Waals surface area contributed by atoms with Crippen LogP contribution in [0.15, 0.2) is 0 Å². The van der Waals surface area contributed by atoms with Gasteiger partial charge in [0.05, 0.1) is 7.11 Å². The molecule has 3 nitrogen and oxygen atoms in total. The lowest BCUT2D eigenvalue weighted by Crippen LogP contribution is -2.27. The lowest BCUT2D eigenvalue weighted by molar-refractivity contribution is -0.153. The monoisotopic (exact) mass is 158 g/mol. The molecule has 0 N–H and O–H groups in total. The molecule has 1 fully saturated rings. The maximum atomic E-state index is 11.0. The van der Waals surface area contributed by atoms with Gasteiger partial charge >= 0.3 is 5.97 Å². The minimum atomic E-state index is -0.301. The summed E-state index contributed by atoms with van der Waals surface area (Å²) < 4.78 is 9.84. The van der Waals surface area contributed by atoms with Crippen LogP contribution in [0.5, 0.6) is 0 Å². The topological polar surface area (TPSA) is 35.5 Å². The Balaban J connectivity index is 2.49. The van der Waals surface area contributed by atoms with Crippen molar-refractivity contribution in [1.82, 2.24) is 0 Å². The molecule has 1 heterocycles. The summed E-state index contributed by atoms with van der Waals surface area (Å²) >= 11 is 0. The van der Waals surface area contributed by atoms with Gasteiger partial charge in [-0.15, -0.1) is 0 Å². The van der Waals surface area contributed by atoms with Gasteiger partial charge in [0.25, 0.3) is 0 Å². The Labute approximate surface area is 66.7 Å². The highest BCUT2D eigenvalue weighted by Gasteiger charge is 2.33. The zero-order chi connectivity index (χ0) is 8.27. The molecule has 1 saturated heterocycles. The highest BCUT2D eigenvalue weighted by atomic mass is 16.6. The van der Waals surface area contributed by atoms with E-state index in [2.05, 4.69) is 11.7 Å². The second-order valence-electron chi connectivity index (χ2n) is 2.77. The predicted octanol–water partition coefficient (Wildman–Crippen LogP) is 0.975. The Morgan fingerprint density at radius 3 is 3.00 bits per heavy atom. The standard InChI is InChI=1S/C8H14O3/c1-3-6-4-5-11-7(6)8(9)10-2/h6-7H,3-5H2,1-2H3/t6-,7+/m0/s1. The molecule has 11 heavy (non-hydrogen) atoms. The van der Waals surface area contributed by atoms with Crippen LogP contribution >= 0.6 is 0 Å². The summed E-state index contributed by atoms with van der Waals surface area (Å²) in [7, 11) is 1.40. The fourth-order valence-corrected chi connectivity index (χ4v) is 1.43. The number of carbonyl (C=O) groups is 1. The molecule has 0 aliphatic carbocycles. The SMILES string of the molecule is CC[C@H]1CCO[C@H]1C(=O)OC. The van der Waals surface area contributed by atoms with Gasteiger partial charge in [-0.25, -0.2) is 4.79 Å². The summed E-state index contributed by atoms with van der Waals surface area (Å²) in [5, 5.41) is 0. The van der Waals surface area contributed by atoms with Gasteiger partial charge in [0.1, 0.15) is 0 Å². The van der Waals surface area contributed by atoms with Crippen molar-refractivity contribution in [2.75, 3.05) is 13.7 Å². The number of hydrogen-bond donors (Lipinski definition) is 0. The first-order valence-electron chi connectivity index (χ1n) is 3.99. The molecule has 0 spiro atoms. The van der Waals surface area contributed by atoms with Crippen LogP contribution in [-0.2, 0) is 14.3 Å². The van der Waals surface area contributed by atoms with E-state index in [1.807, 2.05) is 0 Å². The molecule has 0 saturated carbocycles. The number of hydrogen-bond acceptors (Lipinski definition) is 3. The lowest BCUT2D eigenvalue weighted by Gasteiger charge is -2.13. The van der Waals surface area contributed by atoms with Gasteiger partial charge in [0, 0.05) is 6.61 Å². The van der Waals surface area contributed by atoms with E-state index in [0.717, 1.165) is 12.8 Å². The summed E-state index contributed by atoms with van der Waals surface area (Å²) in [5.74, 6) is 0.136. The minimum absolute atomic E-state index is 0.227. The summed E-state index contributed by atoms with van der Waals surface area (Å²) in [6, 6.07) is 0. The number of rotatable bonds is 2. The third-order valence-corrected chi connectivity index (χ3v) is 2.17. The normalized spacial score (nSPS) is 30.4. The first-order chi connectivity index (χ1) is 5.29. The van der Waals surface area contributed by atoms with Crippen LogP contribution in [0, 0.1) is 5.92 Å². The second kappa shape index (κ2) is 3.72. The van der Waals surface area contributed by atoms with Crippen molar-refractivity contribution in [2.24, 2.45) is 5.92 Å². The van der Waals surface area contributed by atoms with Gasteiger partial charge in [-0.3, -0.25) is 0 Å². The summed E-state index contributed by atoms with van der Waals surface area (Å²) in [6.45, 7) is 2.76. The molecule has 1 aliphatic heterocycles. The molecule has 64 valence electrons. The molecule has 0 amide bonds. The zero-order valence-electron chi connectivity index (χ0n) is 7.00. The average molecular weight is 158 g/mol. The molecule has 3 heteroatoms. The molecule has 0 aromatic carbocycles. The molecule has 0 unspecified atom stereocenters. The first-order valence-corrected chi connectivity index (χ1v) is 3.99. The molecule has 0 radical (unpaired) electrons. The van der Waals surface area contributed by atoms with Gasteiger partial charge in [-0.05, 0) is 12.3 Å². The Kier molecular flexibility index (Phi) is 2.88. The van der Waals surface area contributed by atoms with Crippen LogP contribution in [0.25, 0.3) is 0 Å². The highest BCUT2D eigenvalue weighted by Crippen LogP contribution is 2.24. The molecule has 0 bridgehead atoms. The van der Waals surface area contributed by atoms with Gasteiger partial charge in [0.2, 0.25) is 0 Å². The molecule has 0 aromatic rings. The fourth-order valence-electron chi connectivity index (χ4n) is 1.43. The Hall–Kier alpha value is -0.570. The fraction of sp³-hybridized carbons (Fsp3) is 0.875. The maximum absolute atomic E-state index is 11.0. The highest BCUT2D eigenvalue weighted by molar-refractivity contribution is 5.75. The largest absolute Gasteiger partial charge is 0.467 e. The van der Waals surface area contributed by atoms with E-state index in [1.165, 1.54) is 7.11 Å². The average Bonchev–Trinajstić information content (AvgIpc) is 2.50. The van der Waals surface area contributed by atoms with Crippen molar-refractivity contribution < 1.29 is 14.3 Å². The molecule has 1 rings (SSSR count). The van der Waals surface area contributed by atoms with Crippen LogP contribution < -0.4 is 0 Å². The van der Waals surface area contributed by atoms with Crippen LogP contribution in [0.1, 0.15) is 19.8 Å². The molecule has 1 aliphatic rings. The number of esters is 1. The van der Waals surface area contributed by atoms with Crippen molar-refractivity contribution in [3.63, 3.8) is 0 Å². The van der Waals surface area contributed by atoms with Crippen LogP contribution in [0.3, 0.4) is 0 Å². The maximum Gasteiger partial charge on any atom is 0.335 e. The Morgan fingerprint density at radius 2 is 2.45 bits per heavy atom. The third-order valence-electron chi connectivity index (χ3n) is 2.17. The van der Waals surface area contributed by atoms with Crippen LogP contribution in [0.2, 0.25) is 0 Å². The van der Waals surface area contributed by atoms with Gasteiger partial charge < -0.3 is 9.47 Å². The van der Waals surface area contributed by atoms with Crippen molar-refractivity contribution in [3.05, 3.63) is 0 Å². The first kappa shape index (κ1) is 8.53. The Bertz CT molecular complexity index is 144. The lowest BCUT2D eigenvalue weighted by atomic mass is 9.99. The number of ether oxygens (including phenoxy) is 2. The molecular formula is C8H14O3. The Morgan fingerprint density at radius 1 is 1.73 bits per heavy atom. The van der Waals surface area contributed by atoms with Gasteiger partial charge in [-0.1, -0.05) is 13.3 Å². The predicted molar refractivity (Wildman–Crippen MR) is 40.2 cm³/mol. The quantitative estimate of drug-likeness (QED) is 0.562. The number of carbonyl (C=O) groups excluding carboxylic acids is 1. The van der Waals surface area contributed by atoms with E-state index in [9.17, 15) is 4.79 Å². The van der Waals surface area contributed by atoms with E-state index in [4.69, 9.17) is 4.74 Å². The van der Waals surface area contributed by atoms with Crippen molar-refractivity contribution >= 4 is 5.97 Å². The van der Waals surface area contributed by atoms with E-state index >= 15 is 0 Å². The van der Waals surface area contributed by atoms with Crippen LogP contribution in [0.4, 0.5) is 0 Å². The van der Waals surface area contributed by atoms with Gasteiger partial charge in [0.15, 0.2) is 6.10 Å². The van der Waals surface area contributed by atoms with Crippen molar-refractivity contribution in [2.45, 2.75) is 25.9 Å². The van der Waals surface area contributed by atoms with E-state index in [1.54, 1.807) is 0 Å². The summed E-state index contributed by atoms with van der Waals surface area (Å²) in [6.07, 6.45) is 1.67. The van der Waals surface area contributed by atoms with E-state index < -0.39 is 0 Å². The minimum Gasteiger partial charge on any atom is -0.467 e. The summed E-state index contributed by atoms with van der Waals surface area (Å²) in [4.78, 5) is 11.0. The smallest absolute Gasteiger partial charge is 0.335 e. The molecule has 0 aromatic heterocycles. The molecular weight excluding hydrogens is 144 g/mol.